The Hall–Kier alpha value is -2.02. The molecule has 4 N–H and O–H groups in total. The predicted octanol–water partition coefficient (Wildman–Crippen LogP) is 0.458. The van der Waals surface area contributed by atoms with Gasteiger partial charge in [0, 0.05) is 13.0 Å². The molecule has 2 aromatic rings. The summed E-state index contributed by atoms with van der Waals surface area (Å²) < 4.78 is 26.3. The Morgan fingerprint density at radius 1 is 1.44 bits per heavy atom. The van der Waals surface area contributed by atoms with Gasteiger partial charge in [-0.25, -0.2) is 13.8 Å². The fourth-order valence-electron chi connectivity index (χ4n) is 1.58. The normalized spacial score (nSPS) is 10.8. The molecular weight excluding hydrogens is 242 g/mol. The molecule has 7 heteroatoms. The third-order valence-electron chi connectivity index (χ3n) is 2.46. The predicted molar refractivity (Wildman–Crippen MR) is 61.8 cm³/mol. The average Bonchev–Trinajstić information content (AvgIpc) is 2.77. The lowest BCUT2D eigenvalue weighted by Gasteiger charge is -2.00. The maximum atomic E-state index is 13.4. The zero-order valence-electron chi connectivity index (χ0n) is 9.46. The van der Waals surface area contributed by atoms with Crippen molar-refractivity contribution in [1.82, 2.24) is 15.3 Å². The van der Waals surface area contributed by atoms with Crippen LogP contribution in [0.2, 0.25) is 0 Å². The van der Waals surface area contributed by atoms with Crippen molar-refractivity contribution in [3.63, 3.8) is 0 Å². The molecule has 0 saturated heterocycles. The minimum absolute atomic E-state index is 0.0323. The van der Waals surface area contributed by atoms with Gasteiger partial charge in [0.15, 0.2) is 11.6 Å². The van der Waals surface area contributed by atoms with Crippen LogP contribution >= 0.6 is 0 Å². The standard InChI is InChI=1S/C11H12F2N4O/c12-6-1-2-7-11(10(6)13)17-8(16-7)3-4-15-9(18)5-14/h1-2H,3-5,14H2,(H,15,18)(H,16,17). The minimum atomic E-state index is -0.971. The van der Waals surface area contributed by atoms with E-state index in [1.54, 1.807) is 0 Å². The SMILES string of the molecule is NCC(=O)NCCc1nc2c(F)c(F)ccc2[nH]1. The summed E-state index contributed by atoms with van der Waals surface area (Å²) in [5.74, 6) is -1.70. The van der Waals surface area contributed by atoms with E-state index in [4.69, 9.17) is 5.73 Å². The Bertz CT molecular complexity index is 582. The monoisotopic (exact) mass is 254 g/mol. The number of hydrogen-bond donors (Lipinski definition) is 3. The van der Waals surface area contributed by atoms with Gasteiger partial charge >= 0.3 is 0 Å². The summed E-state index contributed by atoms with van der Waals surface area (Å²) in [6.45, 7) is 0.250. The van der Waals surface area contributed by atoms with E-state index in [9.17, 15) is 13.6 Å². The maximum absolute atomic E-state index is 13.4. The summed E-state index contributed by atoms with van der Waals surface area (Å²) in [6, 6.07) is 2.46. The molecule has 1 aromatic heterocycles. The van der Waals surface area contributed by atoms with Gasteiger partial charge in [0.1, 0.15) is 11.3 Å². The summed E-state index contributed by atoms with van der Waals surface area (Å²) >= 11 is 0. The highest BCUT2D eigenvalue weighted by atomic mass is 19.2. The average molecular weight is 254 g/mol. The zero-order valence-corrected chi connectivity index (χ0v) is 9.46. The van der Waals surface area contributed by atoms with Crippen molar-refractivity contribution in [2.75, 3.05) is 13.1 Å². The van der Waals surface area contributed by atoms with Gasteiger partial charge in [-0.2, -0.15) is 0 Å². The maximum Gasteiger partial charge on any atom is 0.233 e. The molecule has 96 valence electrons. The van der Waals surface area contributed by atoms with E-state index in [2.05, 4.69) is 15.3 Å². The second kappa shape index (κ2) is 5.09. The number of aromatic amines is 1. The van der Waals surface area contributed by atoms with Gasteiger partial charge < -0.3 is 16.0 Å². The summed E-state index contributed by atoms with van der Waals surface area (Å²) in [5.41, 5.74) is 5.52. The van der Waals surface area contributed by atoms with Crippen LogP contribution in [0.5, 0.6) is 0 Å². The molecule has 5 nitrogen and oxygen atoms in total. The molecule has 1 amide bonds. The van der Waals surface area contributed by atoms with Crippen LogP contribution in [0, 0.1) is 11.6 Å². The first kappa shape index (κ1) is 12.4. The van der Waals surface area contributed by atoms with E-state index in [1.807, 2.05) is 0 Å². The number of hydrogen-bond acceptors (Lipinski definition) is 3. The van der Waals surface area contributed by atoms with Gasteiger partial charge in [-0.15, -0.1) is 0 Å². The topological polar surface area (TPSA) is 83.8 Å². The largest absolute Gasteiger partial charge is 0.355 e. The number of aromatic nitrogens is 2. The molecule has 0 atom stereocenters. The summed E-state index contributed by atoms with van der Waals surface area (Å²) in [7, 11) is 0. The van der Waals surface area contributed by atoms with Crippen LogP contribution < -0.4 is 11.1 Å². The molecule has 0 fully saturated rings. The van der Waals surface area contributed by atoms with Gasteiger partial charge in [0.05, 0.1) is 12.1 Å². The molecule has 0 bridgehead atoms. The first-order chi connectivity index (χ1) is 8.61. The van der Waals surface area contributed by atoms with Crippen molar-refractivity contribution in [3.05, 3.63) is 29.6 Å². The Morgan fingerprint density at radius 2 is 2.22 bits per heavy atom. The third kappa shape index (κ3) is 2.45. The summed E-state index contributed by atoms with van der Waals surface area (Å²) in [4.78, 5) is 17.7. The van der Waals surface area contributed by atoms with Crippen molar-refractivity contribution in [1.29, 1.82) is 0 Å². The van der Waals surface area contributed by atoms with Gasteiger partial charge in [0.2, 0.25) is 5.91 Å². The van der Waals surface area contributed by atoms with E-state index in [0.717, 1.165) is 6.07 Å². The highest BCUT2D eigenvalue weighted by Gasteiger charge is 2.11. The van der Waals surface area contributed by atoms with Crippen molar-refractivity contribution in [2.24, 2.45) is 5.73 Å². The number of H-pyrrole nitrogens is 1. The summed E-state index contributed by atoms with van der Waals surface area (Å²) in [6.07, 6.45) is 0.390. The van der Waals surface area contributed by atoms with Gasteiger partial charge in [-0.05, 0) is 12.1 Å². The Morgan fingerprint density at radius 3 is 2.94 bits per heavy atom. The van der Waals surface area contributed by atoms with Gasteiger partial charge in [-0.1, -0.05) is 0 Å². The number of halogens is 2. The van der Waals surface area contributed by atoms with Crippen molar-refractivity contribution < 1.29 is 13.6 Å². The lowest BCUT2D eigenvalue weighted by molar-refractivity contribution is -0.119. The Labute approximate surface area is 101 Å². The van der Waals surface area contributed by atoms with Gasteiger partial charge in [-0.3, -0.25) is 4.79 Å². The number of rotatable bonds is 4. The molecule has 2 rings (SSSR count). The highest BCUT2D eigenvalue weighted by Crippen LogP contribution is 2.18. The molecular formula is C11H12F2N4O. The number of carbonyl (C=O) groups is 1. The van der Waals surface area contributed by atoms with Crippen LogP contribution in [-0.4, -0.2) is 29.0 Å². The Kier molecular flexibility index (Phi) is 3.52. The number of nitrogens with one attached hydrogen (secondary N) is 2. The van der Waals surface area contributed by atoms with Crippen LogP contribution in [0.4, 0.5) is 8.78 Å². The quantitative estimate of drug-likeness (QED) is 0.741. The second-order valence-electron chi connectivity index (χ2n) is 3.75. The molecule has 0 unspecified atom stereocenters. The van der Waals surface area contributed by atoms with E-state index in [-0.39, 0.29) is 18.0 Å². The van der Waals surface area contributed by atoms with E-state index >= 15 is 0 Å². The number of fused-ring (bicyclic) bond motifs is 1. The highest BCUT2D eigenvalue weighted by molar-refractivity contribution is 5.78. The fraction of sp³-hybridized carbons (Fsp3) is 0.273. The zero-order chi connectivity index (χ0) is 13.1. The second-order valence-corrected chi connectivity index (χ2v) is 3.75. The number of amides is 1. The number of carbonyl (C=O) groups excluding carboxylic acids is 1. The molecule has 18 heavy (non-hydrogen) atoms. The fourth-order valence-corrected chi connectivity index (χ4v) is 1.58. The summed E-state index contributed by atoms with van der Waals surface area (Å²) in [5, 5.41) is 2.56. The molecule has 0 radical (unpaired) electrons. The first-order valence-electron chi connectivity index (χ1n) is 5.41. The van der Waals surface area contributed by atoms with Crippen LogP contribution in [0.25, 0.3) is 11.0 Å². The van der Waals surface area contributed by atoms with Crippen LogP contribution in [0.15, 0.2) is 12.1 Å². The van der Waals surface area contributed by atoms with E-state index < -0.39 is 11.6 Å². The van der Waals surface area contributed by atoms with Crippen LogP contribution in [0.1, 0.15) is 5.82 Å². The molecule has 1 heterocycles. The number of imidazole rings is 1. The van der Waals surface area contributed by atoms with Crippen LogP contribution in [-0.2, 0) is 11.2 Å². The Balaban J connectivity index is 2.11. The third-order valence-corrected chi connectivity index (χ3v) is 2.46. The van der Waals surface area contributed by atoms with Gasteiger partial charge in [0.25, 0.3) is 0 Å². The van der Waals surface area contributed by atoms with Crippen molar-refractivity contribution in [2.45, 2.75) is 6.42 Å². The molecule has 0 aliphatic carbocycles. The number of nitrogens with two attached hydrogens (primary N) is 1. The number of nitrogens with zero attached hydrogens (tertiary/aromatic N) is 1. The van der Waals surface area contributed by atoms with E-state index in [0.29, 0.717) is 24.3 Å². The smallest absolute Gasteiger partial charge is 0.233 e. The first-order valence-corrected chi connectivity index (χ1v) is 5.41. The number of benzene rings is 1. The molecule has 1 aromatic carbocycles. The molecule has 0 aliphatic rings. The molecule has 0 aliphatic heterocycles. The minimum Gasteiger partial charge on any atom is -0.355 e. The van der Waals surface area contributed by atoms with Crippen LogP contribution in [0.3, 0.4) is 0 Å². The van der Waals surface area contributed by atoms with Crippen molar-refractivity contribution in [3.8, 4) is 0 Å². The van der Waals surface area contributed by atoms with E-state index in [1.165, 1.54) is 6.07 Å². The lowest BCUT2D eigenvalue weighted by atomic mass is 10.3. The lowest BCUT2D eigenvalue weighted by Crippen LogP contribution is -2.31. The van der Waals surface area contributed by atoms with Crippen molar-refractivity contribution >= 4 is 16.9 Å². The molecule has 0 spiro atoms. The molecule has 0 saturated carbocycles.